The van der Waals surface area contributed by atoms with Gasteiger partial charge < -0.3 is 9.47 Å². The topological polar surface area (TPSA) is 102 Å². The summed E-state index contributed by atoms with van der Waals surface area (Å²) in [7, 11) is -3.72. The van der Waals surface area contributed by atoms with E-state index in [0.29, 0.717) is 28.6 Å². The van der Waals surface area contributed by atoms with Crippen molar-refractivity contribution in [2.75, 3.05) is 24.6 Å². The van der Waals surface area contributed by atoms with Gasteiger partial charge in [-0.1, -0.05) is 23.5 Å². The van der Waals surface area contributed by atoms with E-state index in [4.69, 9.17) is 14.5 Å². The number of sulfonamides is 1. The van der Waals surface area contributed by atoms with Crippen LogP contribution in [0.25, 0.3) is 10.2 Å². The molecule has 0 saturated carbocycles. The number of benzene rings is 2. The van der Waals surface area contributed by atoms with E-state index in [1.807, 2.05) is 51.1 Å². The Morgan fingerprint density at radius 1 is 1.10 bits per heavy atom. The number of amides is 1. The third-order valence-electron chi connectivity index (χ3n) is 6.34. The summed E-state index contributed by atoms with van der Waals surface area (Å²) in [6, 6.07) is 15.5. The Morgan fingerprint density at radius 2 is 1.85 bits per heavy atom. The van der Waals surface area contributed by atoms with Crippen molar-refractivity contribution in [1.82, 2.24) is 14.3 Å². The van der Waals surface area contributed by atoms with Crippen molar-refractivity contribution < 1.29 is 22.7 Å². The lowest BCUT2D eigenvalue weighted by molar-refractivity contribution is -0.0440. The van der Waals surface area contributed by atoms with E-state index in [1.54, 1.807) is 29.4 Å². The van der Waals surface area contributed by atoms with Gasteiger partial charge in [0.25, 0.3) is 5.91 Å². The number of fused-ring (bicyclic) bond motifs is 1. The highest BCUT2D eigenvalue weighted by atomic mass is 32.2. The zero-order valence-corrected chi connectivity index (χ0v) is 23.6. The molecule has 0 bridgehead atoms. The minimum atomic E-state index is -3.72. The fourth-order valence-electron chi connectivity index (χ4n) is 4.60. The molecule has 204 valence electrons. The first-order valence-electron chi connectivity index (χ1n) is 12.7. The average Bonchev–Trinajstić information content (AvgIpc) is 3.37. The zero-order valence-electron chi connectivity index (χ0n) is 22.0. The van der Waals surface area contributed by atoms with Crippen LogP contribution in [0.1, 0.15) is 36.7 Å². The summed E-state index contributed by atoms with van der Waals surface area (Å²) in [5.41, 5.74) is 1.88. The molecular formula is C28H30N4O5S2. The van der Waals surface area contributed by atoms with Crippen molar-refractivity contribution in [3.63, 3.8) is 0 Å². The summed E-state index contributed by atoms with van der Waals surface area (Å²) < 4.78 is 40.3. The number of ether oxygens (including phenoxy) is 2. The Morgan fingerprint density at radius 3 is 2.51 bits per heavy atom. The molecule has 1 amide bonds. The van der Waals surface area contributed by atoms with Crippen molar-refractivity contribution in [3.05, 3.63) is 78.1 Å². The fraction of sp³-hybridized carbons (Fsp3) is 0.321. The first-order chi connectivity index (χ1) is 18.8. The predicted molar refractivity (Wildman–Crippen MR) is 151 cm³/mol. The van der Waals surface area contributed by atoms with Gasteiger partial charge in [0, 0.05) is 31.0 Å². The van der Waals surface area contributed by atoms with Crippen molar-refractivity contribution in [3.8, 4) is 5.75 Å². The summed E-state index contributed by atoms with van der Waals surface area (Å²) in [5, 5.41) is 0.513. The number of hydrogen-bond donors (Lipinski definition) is 0. The third-order valence-corrected chi connectivity index (χ3v) is 9.22. The summed E-state index contributed by atoms with van der Waals surface area (Å²) in [6.45, 7) is 6.95. The van der Waals surface area contributed by atoms with Crippen molar-refractivity contribution in [1.29, 1.82) is 0 Å². The second kappa shape index (κ2) is 11.4. The van der Waals surface area contributed by atoms with Gasteiger partial charge in [0.2, 0.25) is 10.0 Å². The van der Waals surface area contributed by atoms with Gasteiger partial charge in [-0.05, 0) is 68.8 Å². The van der Waals surface area contributed by atoms with Crippen LogP contribution in [0, 0.1) is 0 Å². The molecule has 11 heteroatoms. The van der Waals surface area contributed by atoms with Crippen LogP contribution in [0.4, 0.5) is 5.13 Å². The summed E-state index contributed by atoms with van der Waals surface area (Å²) in [4.78, 5) is 24.5. The van der Waals surface area contributed by atoms with Crippen LogP contribution < -0.4 is 9.64 Å². The number of para-hydroxylation sites is 1. The maximum atomic E-state index is 13.9. The van der Waals surface area contributed by atoms with Crippen molar-refractivity contribution >= 4 is 42.6 Å². The molecule has 1 aliphatic rings. The molecule has 1 fully saturated rings. The van der Waals surface area contributed by atoms with Crippen molar-refractivity contribution in [2.24, 2.45) is 0 Å². The number of thiazole rings is 1. The molecule has 5 rings (SSSR count). The molecule has 9 nitrogen and oxygen atoms in total. The number of aromatic nitrogens is 2. The average molecular weight is 567 g/mol. The lowest BCUT2D eigenvalue weighted by Crippen LogP contribution is -2.48. The predicted octanol–water partition coefficient (Wildman–Crippen LogP) is 4.73. The quantitative estimate of drug-likeness (QED) is 0.304. The number of nitrogens with zero attached hydrogens (tertiary/aromatic N) is 4. The summed E-state index contributed by atoms with van der Waals surface area (Å²) in [5.74, 6) is 0.362. The van der Waals surface area contributed by atoms with E-state index < -0.39 is 10.0 Å². The third kappa shape index (κ3) is 5.81. The molecule has 2 atom stereocenters. The SMILES string of the molecule is CCOc1cccc2sc(N(Cc3cccnc3)C(=O)c3ccc(S(=O)(=O)N4CC(C)OC(C)C4)cc3)nc12. The normalized spacial score (nSPS) is 18.2. The van der Waals surface area contributed by atoms with E-state index in [1.165, 1.54) is 27.8 Å². The van der Waals surface area contributed by atoms with Gasteiger partial charge in [-0.15, -0.1) is 0 Å². The zero-order chi connectivity index (χ0) is 27.6. The van der Waals surface area contributed by atoms with Gasteiger partial charge in [-0.25, -0.2) is 13.4 Å². The molecule has 0 radical (unpaired) electrons. The lowest BCUT2D eigenvalue weighted by atomic mass is 10.2. The molecule has 0 aliphatic carbocycles. The highest BCUT2D eigenvalue weighted by Crippen LogP contribution is 2.35. The number of morpholine rings is 1. The maximum absolute atomic E-state index is 13.9. The molecule has 39 heavy (non-hydrogen) atoms. The molecule has 2 unspecified atom stereocenters. The monoisotopic (exact) mass is 566 g/mol. The van der Waals surface area contributed by atoms with Crippen molar-refractivity contribution in [2.45, 2.75) is 44.4 Å². The highest BCUT2D eigenvalue weighted by molar-refractivity contribution is 7.89. The molecule has 2 aromatic carbocycles. The Kier molecular flexibility index (Phi) is 7.94. The number of carbonyl (C=O) groups excluding carboxylic acids is 1. The summed E-state index contributed by atoms with van der Waals surface area (Å²) in [6.07, 6.45) is 3.00. The Labute approximate surface area is 232 Å². The molecular weight excluding hydrogens is 536 g/mol. The van der Waals surface area contributed by atoms with Crippen LogP contribution in [0.3, 0.4) is 0 Å². The molecule has 0 spiro atoms. The first kappa shape index (κ1) is 27.2. The second-order valence-corrected chi connectivity index (χ2v) is 12.3. The molecule has 1 saturated heterocycles. The van der Waals surface area contributed by atoms with E-state index in [9.17, 15) is 13.2 Å². The number of hydrogen-bond acceptors (Lipinski definition) is 8. The first-order valence-corrected chi connectivity index (χ1v) is 15.0. The van der Waals surface area contributed by atoms with Crippen LogP contribution in [0.5, 0.6) is 5.75 Å². The van der Waals surface area contributed by atoms with Crippen LogP contribution >= 0.6 is 11.3 Å². The van der Waals surface area contributed by atoms with Crippen LogP contribution in [0.2, 0.25) is 0 Å². The second-order valence-electron chi connectivity index (χ2n) is 9.39. The molecule has 2 aromatic heterocycles. The van der Waals surface area contributed by atoms with Gasteiger partial charge in [-0.3, -0.25) is 14.7 Å². The van der Waals surface area contributed by atoms with E-state index in [-0.39, 0.29) is 42.6 Å². The molecule has 0 N–H and O–H groups in total. The van der Waals surface area contributed by atoms with Gasteiger partial charge in [0.1, 0.15) is 11.3 Å². The standard InChI is InChI=1S/C28H30N4O5S2/c1-4-36-24-8-5-9-25-26(24)30-28(38-25)32(18-21-7-6-14-29-15-21)27(33)22-10-12-23(13-11-22)39(34,35)31-16-19(2)37-20(3)17-31/h5-15,19-20H,4,16-18H2,1-3H3. The summed E-state index contributed by atoms with van der Waals surface area (Å²) >= 11 is 1.39. The minimum Gasteiger partial charge on any atom is -0.492 e. The van der Waals surface area contributed by atoms with Crippen LogP contribution in [0.15, 0.2) is 71.9 Å². The van der Waals surface area contributed by atoms with Crippen LogP contribution in [-0.4, -0.2) is 60.5 Å². The van der Waals surface area contributed by atoms with Gasteiger partial charge in [-0.2, -0.15) is 4.31 Å². The Balaban J connectivity index is 1.47. The van der Waals surface area contributed by atoms with E-state index in [0.717, 1.165) is 10.3 Å². The largest absolute Gasteiger partial charge is 0.492 e. The molecule has 3 heterocycles. The Bertz CT molecular complexity index is 1550. The smallest absolute Gasteiger partial charge is 0.260 e. The van der Waals surface area contributed by atoms with Gasteiger partial charge >= 0.3 is 0 Å². The number of rotatable bonds is 8. The van der Waals surface area contributed by atoms with Crippen LogP contribution in [-0.2, 0) is 21.3 Å². The molecule has 4 aromatic rings. The van der Waals surface area contributed by atoms with Gasteiger partial charge in [0.15, 0.2) is 5.13 Å². The van der Waals surface area contributed by atoms with E-state index in [2.05, 4.69) is 4.98 Å². The number of pyridine rings is 1. The Hall–Kier alpha value is -3.38. The minimum absolute atomic E-state index is 0.139. The highest BCUT2D eigenvalue weighted by Gasteiger charge is 2.32. The fourth-order valence-corrected chi connectivity index (χ4v) is 7.17. The number of carbonyl (C=O) groups is 1. The lowest BCUT2D eigenvalue weighted by Gasteiger charge is -2.34. The van der Waals surface area contributed by atoms with Gasteiger partial charge in [0.05, 0.1) is 35.0 Å². The molecule has 1 aliphatic heterocycles. The maximum Gasteiger partial charge on any atom is 0.260 e. The number of anilines is 1. The van der Waals surface area contributed by atoms with E-state index >= 15 is 0 Å².